The first-order valence-electron chi connectivity index (χ1n) is 6.09. The van der Waals surface area contributed by atoms with Gasteiger partial charge in [-0.1, -0.05) is 30.3 Å². The van der Waals surface area contributed by atoms with Crippen LogP contribution in [0, 0.1) is 0 Å². The van der Waals surface area contributed by atoms with Crippen molar-refractivity contribution >= 4 is 0 Å². The molecule has 114 valence electrons. The molecule has 0 radical (unpaired) electrons. The molecule has 1 rings (SSSR count). The number of aliphatic hydroxyl groups is 1. The molecule has 0 aromatic heterocycles. The highest BCUT2D eigenvalue weighted by Gasteiger charge is 2.56. The fraction of sp³-hybridized carbons (Fsp3) is 0.538. The maximum atomic E-state index is 12.6. The molecule has 0 fully saturated rings. The maximum absolute atomic E-state index is 12.6. The van der Waals surface area contributed by atoms with Gasteiger partial charge < -0.3 is 10.4 Å². The zero-order valence-electron chi connectivity index (χ0n) is 10.6. The number of hydrogen-bond donors (Lipinski definition) is 2. The van der Waals surface area contributed by atoms with E-state index in [0.717, 1.165) is 5.56 Å². The maximum Gasteiger partial charge on any atom is 0.454 e. The molecule has 0 spiro atoms. The summed E-state index contributed by atoms with van der Waals surface area (Å²) in [7, 11) is 0. The van der Waals surface area contributed by atoms with Crippen LogP contribution >= 0.6 is 0 Å². The van der Waals surface area contributed by atoms with E-state index in [1.54, 1.807) is 0 Å². The number of aliphatic hydroxyl groups excluding tert-OH is 1. The van der Waals surface area contributed by atoms with Gasteiger partial charge in [0.2, 0.25) is 0 Å². The molecule has 2 nitrogen and oxygen atoms in total. The fourth-order valence-electron chi connectivity index (χ4n) is 1.58. The third kappa shape index (κ3) is 5.42. The summed E-state index contributed by atoms with van der Waals surface area (Å²) in [4.78, 5) is 0. The van der Waals surface area contributed by atoms with Gasteiger partial charge in [0.1, 0.15) is 0 Å². The van der Waals surface area contributed by atoms with Crippen LogP contribution in [0.15, 0.2) is 30.3 Å². The lowest BCUT2D eigenvalue weighted by atomic mass is 10.1. The number of alkyl halides is 5. The Bertz CT molecular complexity index is 393. The average Bonchev–Trinajstić information content (AvgIpc) is 2.36. The van der Waals surface area contributed by atoms with Crippen LogP contribution < -0.4 is 5.32 Å². The molecule has 0 heterocycles. The molecule has 1 atom stereocenters. The molecule has 0 bridgehead atoms. The zero-order chi connectivity index (χ0) is 15.2. The van der Waals surface area contributed by atoms with E-state index in [9.17, 15) is 27.1 Å². The predicted molar refractivity (Wildman–Crippen MR) is 64.6 cm³/mol. The van der Waals surface area contributed by atoms with E-state index in [0.29, 0.717) is 6.42 Å². The third-order valence-corrected chi connectivity index (χ3v) is 2.75. The van der Waals surface area contributed by atoms with Gasteiger partial charge in [-0.25, -0.2) is 0 Å². The van der Waals surface area contributed by atoms with E-state index < -0.39 is 24.7 Å². The lowest BCUT2D eigenvalue weighted by Crippen LogP contribution is -2.46. The summed E-state index contributed by atoms with van der Waals surface area (Å²) in [5.74, 6) is -4.79. The second-order valence-corrected chi connectivity index (χ2v) is 4.51. The van der Waals surface area contributed by atoms with Gasteiger partial charge in [0.15, 0.2) is 0 Å². The minimum Gasteiger partial charge on any atom is -0.392 e. The van der Waals surface area contributed by atoms with Gasteiger partial charge >= 0.3 is 12.1 Å². The van der Waals surface area contributed by atoms with Crippen molar-refractivity contribution in [3.8, 4) is 0 Å². The lowest BCUT2D eigenvalue weighted by Gasteiger charge is -2.20. The van der Waals surface area contributed by atoms with Crippen LogP contribution in [0.2, 0.25) is 0 Å². The van der Waals surface area contributed by atoms with E-state index in [1.807, 2.05) is 35.6 Å². The largest absolute Gasteiger partial charge is 0.454 e. The molecule has 0 aliphatic carbocycles. The Labute approximate surface area is 113 Å². The minimum atomic E-state index is -5.57. The smallest absolute Gasteiger partial charge is 0.392 e. The SMILES string of the molecule is O[C@H](CCc1ccccc1)CNCC(F)(F)C(F)(F)F. The van der Waals surface area contributed by atoms with E-state index in [1.165, 1.54) is 0 Å². The van der Waals surface area contributed by atoms with E-state index >= 15 is 0 Å². The van der Waals surface area contributed by atoms with Crippen molar-refractivity contribution in [1.29, 1.82) is 0 Å². The van der Waals surface area contributed by atoms with Crippen molar-refractivity contribution in [2.24, 2.45) is 0 Å². The van der Waals surface area contributed by atoms with Crippen LogP contribution in [-0.2, 0) is 6.42 Å². The highest BCUT2D eigenvalue weighted by molar-refractivity contribution is 5.14. The highest BCUT2D eigenvalue weighted by atomic mass is 19.4. The van der Waals surface area contributed by atoms with Crippen LogP contribution in [0.5, 0.6) is 0 Å². The molecule has 0 aliphatic heterocycles. The molecule has 1 aromatic carbocycles. The summed E-state index contributed by atoms with van der Waals surface area (Å²) >= 11 is 0. The quantitative estimate of drug-likeness (QED) is 0.759. The van der Waals surface area contributed by atoms with Gasteiger partial charge in [-0.05, 0) is 18.4 Å². The second-order valence-electron chi connectivity index (χ2n) is 4.51. The molecule has 0 unspecified atom stereocenters. The van der Waals surface area contributed by atoms with Crippen molar-refractivity contribution in [3.05, 3.63) is 35.9 Å². The molecule has 7 heteroatoms. The average molecular weight is 297 g/mol. The van der Waals surface area contributed by atoms with Gasteiger partial charge in [-0.15, -0.1) is 0 Å². The third-order valence-electron chi connectivity index (χ3n) is 2.75. The summed E-state index contributed by atoms with van der Waals surface area (Å²) in [6.45, 7) is -1.84. The number of hydrogen-bond acceptors (Lipinski definition) is 2. The molecule has 0 aliphatic rings. The molecule has 0 saturated heterocycles. The molecular weight excluding hydrogens is 281 g/mol. The van der Waals surface area contributed by atoms with Gasteiger partial charge in [0, 0.05) is 6.54 Å². The van der Waals surface area contributed by atoms with E-state index in [4.69, 9.17) is 0 Å². The van der Waals surface area contributed by atoms with Gasteiger partial charge in [0.05, 0.1) is 12.6 Å². The Balaban J connectivity index is 2.25. The Morgan fingerprint density at radius 3 is 2.20 bits per heavy atom. The molecule has 20 heavy (non-hydrogen) atoms. The summed E-state index contributed by atoms with van der Waals surface area (Å²) in [6, 6.07) is 9.17. The standard InChI is InChI=1S/C13H16F5NO/c14-12(15,13(16,17)18)9-19-8-11(20)7-6-10-4-2-1-3-5-10/h1-5,11,19-20H,6-9H2/t11-/m1/s1. The monoisotopic (exact) mass is 297 g/mol. The van der Waals surface area contributed by atoms with Crippen LogP contribution in [0.25, 0.3) is 0 Å². The molecule has 0 saturated carbocycles. The van der Waals surface area contributed by atoms with Gasteiger partial charge in [-0.2, -0.15) is 22.0 Å². The number of benzene rings is 1. The van der Waals surface area contributed by atoms with Crippen molar-refractivity contribution in [1.82, 2.24) is 5.32 Å². The Morgan fingerprint density at radius 2 is 1.65 bits per heavy atom. The Kier molecular flexibility index (Phi) is 5.88. The van der Waals surface area contributed by atoms with Gasteiger partial charge in [0.25, 0.3) is 0 Å². The Hall–Kier alpha value is -1.21. The van der Waals surface area contributed by atoms with Crippen LogP contribution in [0.3, 0.4) is 0 Å². The molecule has 2 N–H and O–H groups in total. The topological polar surface area (TPSA) is 32.3 Å². The Morgan fingerprint density at radius 1 is 1.05 bits per heavy atom. The lowest BCUT2D eigenvalue weighted by molar-refractivity contribution is -0.279. The highest BCUT2D eigenvalue weighted by Crippen LogP contribution is 2.34. The second kappa shape index (κ2) is 6.99. The first kappa shape index (κ1) is 16.8. The van der Waals surface area contributed by atoms with Crippen molar-refractivity contribution in [2.75, 3.05) is 13.1 Å². The van der Waals surface area contributed by atoms with E-state index in [-0.39, 0.29) is 13.0 Å². The number of nitrogens with one attached hydrogen (secondary N) is 1. The van der Waals surface area contributed by atoms with Crippen molar-refractivity contribution in [2.45, 2.75) is 31.0 Å². The van der Waals surface area contributed by atoms with E-state index in [2.05, 4.69) is 0 Å². The summed E-state index contributed by atoms with van der Waals surface area (Å²) in [6.07, 6.45) is -5.73. The molecule has 1 aromatic rings. The number of aryl methyl sites for hydroxylation is 1. The number of rotatable bonds is 7. The fourth-order valence-corrected chi connectivity index (χ4v) is 1.58. The first-order chi connectivity index (χ1) is 9.22. The van der Waals surface area contributed by atoms with Crippen molar-refractivity contribution < 1.29 is 27.1 Å². The minimum absolute atomic E-state index is 0.286. The van der Waals surface area contributed by atoms with Crippen molar-refractivity contribution in [3.63, 3.8) is 0 Å². The summed E-state index contributed by atoms with van der Waals surface area (Å²) in [5.41, 5.74) is 0.965. The number of halogens is 5. The molecule has 0 amide bonds. The summed E-state index contributed by atoms with van der Waals surface area (Å²) in [5, 5.41) is 11.5. The normalized spacial score (nSPS) is 14.3. The van der Waals surface area contributed by atoms with Crippen LogP contribution in [0.4, 0.5) is 22.0 Å². The van der Waals surface area contributed by atoms with Crippen LogP contribution in [-0.4, -0.2) is 36.4 Å². The van der Waals surface area contributed by atoms with Gasteiger partial charge in [-0.3, -0.25) is 0 Å². The summed E-state index contributed by atoms with van der Waals surface area (Å²) < 4.78 is 60.7. The molecular formula is C13H16F5NO. The predicted octanol–water partition coefficient (Wildman–Crippen LogP) is 2.77. The van der Waals surface area contributed by atoms with Crippen LogP contribution in [0.1, 0.15) is 12.0 Å². The first-order valence-corrected chi connectivity index (χ1v) is 6.09. The zero-order valence-corrected chi connectivity index (χ0v) is 10.6.